The van der Waals surface area contributed by atoms with Crippen LogP contribution < -0.4 is 0 Å². The Morgan fingerprint density at radius 3 is 2.64 bits per heavy atom. The Bertz CT molecular complexity index is 209. The molecule has 1 rings (SSSR count). The lowest BCUT2D eigenvalue weighted by molar-refractivity contribution is -0.142. The molecule has 0 aromatic carbocycles. The van der Waals surface area contributed by atoms with E-state index in [0.717, 1.165) is 0 Å². The fraction of sp³-hybridized carbons (Fsp3) is 0.714. The molecule has 0 aromatic rings. The zero-order valence-corrected chi connectivity index (χ0v) is 6.32. The molecule has 0 bridgehead atoms. The zero-order valence-electron chi connectivity index (χ0n) is 6.32. The van der Waals surface area contributed by atoms with Crippen molar-refractivity contribution in [1.29, 1.82) is 5.26 Å². The van der Waals surface area contributed by atoms with Gasteiger partial charge < -0.3 is 10.0 Å². The third kappa shape index (κ3) is 1.43. The number of hydrogen-bond acceptors (Lipinski definition) is 3. The highest BCUT2D eigenvalue weighted by molar-refractivity contribution is 5.71. The highest BCUT2D eigenvalue weighted by atomic mass is 16.4. The summed E-state index contributed by atoms with van der Waals surface area (Å²) in [5, 5.41) is 17.1. The SMILES string of the molecule is CC1CN(C#N)CC1C(=O)O. The number of carboxylic acid groups (broad SMARTS) is 1. The number of carbonyl (C=O) groups is 1. The van der Waals surface area contributed by atoms with Gasteiger partial charge in [-0.3, -0.25) is 4.79 Å². The van der Waals surface area contributed by atoms with E-state index in [1.807, 2.05) is 13.1 Å². The van der Waals surface area contributed by atoms with Crippen LogP contribution in [0.4, 0.5) is 0 Å². The van der Waals surface area contributed by atoms with Gasteiger partial charge in [0.15, 0.2) is 6.19 Å². The van der Waals surface area contributed by atoms with Gasteiger partial charge >= 0.3 is 5.97 Å². The first kappa shape index (κ1) is 7.86. The Balaban J connectivity index is 2.60. The van der Waals surface area contributed by atoms with Crippen LogP contribution in [-0.4, -0.2) is 29.1 Å². The van der Waals surface area contributed by atoms with Gasteiger partial charge in [0.1, 0.15) is 0 Å². The lowest BCUT2D eigenvalue weighted by Crippen LogP contribution is -2.20. The molecule has 0 amide bonds. The Morgan fingerprint density at radius 2 is 2.36 bits per heavy atom. The fourth-order valence-electron chi connectivity index (χ4n) is 1.37. The van der Waals surface area contributed by atoms with Crippen LogP contribution >= 0.6 is 0 Å². The van der Waals surface area contributed by atoms with E-state index in [0.29, 0.717) is 13.1 Å². The first-order valence-electron chi connectivity index (χ1n) is 3.52. The molecule has 11 heavy (non-hydrogen) atoms. The fourth-order valence-corrected chi connectivity index (χ4v) is 1.37. The first-order valence-corrected chi connectivity index (χ1v) is 3.52. The Hall–Kier alpha value is -1.24. The van der Waals surface area contributed by atoms with Crippen molar-refractivity contribution in [2.75, 3.05) is 13.1 Å². The van der Waals surface area contributed by atoms with Crippen molar-refractivity contribution >= 4 is 5.97 Å². The second-order valence-electron chi connectivity index (χ2n) is 2.93. The summed E-state index contributed by atoms with van der Waals surface area (Å²) < 4.78 is 0. The molecule has 4 nitrogen and oxygen atoms in total. The maximum Gasteiger partial charge on any atom is 0.308 e. The molecule has 4 heteroatoms. The van der Waals surface area contributed by atoms with E-state index in [1.165, 1.54) is 4.90 Å². The predicted molar refractivity (Wildman–Crippen MR) is 37.5 cm³/mol. The Labute approximate surface area is 65.0 Å². The van der Waals surface area contributed by atoms with Crippen LogP contribution in [0.2, 0.25) is 0 Å². The van der Waals surface area contributed by atoms with E-state index >= 15 is 0 Å². The third-order valence-corrected chi connectivity index (χ3v) is 2.07. The van der Waals surface area contributed by atoms with Gasteiger partial charge in [0.25, 0.3) is 0 Å². The van der Waals surface area contributed by atoms with Gasteiger partial charge in [-0.15, -0.1) is 0 Å². The molecular formula is C7H10N2O2. The average Bonchev–Trinajstić information content (AvgIpc) is 2.30. The van der Waals surface area contributed by atoms with E-state index in [9.17, 15) is 4.79 Å². The minimum atomic E-state index is -0.796. The van der Waals surface area contributed by atoms with Crippen LogP contribution in [0.5, 0.6) is 0 Å². The molecular weight excluding hydrogens is 144 g/mol. The molecule has 0 saturated carbocycles. The number of aliphatic carboxylic acids is 1. The van der Waals surface area contributed by atoms with Crippen LogP contribution in [-0.2, 0) is 4.79 Å². The van der Waals surface area contributed by atoms with Crippen molar-refractivity contribution in [3.63, 3.8) is 0 Å². The predicted octanol–water partition coefficient (Wildman–Crippen LogP) is 0.120. The monoisotopic (exact) mass is 154 g/mol. The van der Waals surface area contributed by atoms with Crippen molar-refractivity contribution in [3.8, 4) is 6.19 Å². The van der Waals surface area contributed by atoms with Crippen LogP contribution in [0.25, 0.3) is 0 Å². The molecule has 1 saturated heterocycles. The maximum absolute atomic E-state index is 10.5. The van der Waals surface area contributed by atoms with Crippen molar-refractivity contribution in [3.05, 3.63) is 0 Å². The zero-order chi connectivity index (χ0) is 8.43. The lowest BCUT2D eigenvalue weighted by Gasteiger charge is -2.05. The molecule has 1 heterocycles. The van der Waals surface area contributed by atoms with E-state index in [-0.39, 0.29) is 11.8 Å². The van der Waals surface area contributed by atoms with Gasteiger partial charge in [0, 0.05) is 13.1 Å². The summed E-state index contributed by atoms with van der Waals surface area (Å²) in [6.07, 6.45) is 1.95. The quantitative estimate of drug-likeness (QED) is 0.545. The van der Waals surface area contributed by atoms with Gasteiger partial charge in [-0.25, -0.2) is 0 Å². The normalized spacial score (nSPS) is 30.0. The molecule has 60 valence electrons. The smallest absolute Gasteiger partial charge is 0.308 e. The molecule has 0 aliphatic carbocycles. The number of nitrogens with zero attached hydrogens (tertiary/aromatic N) is 2. The van der Waals surface area contributed by atoms with Gasteiger partial charge in [-0.1, -0.05) is 6.92 Å². The average molecular weight is 154 g/mol. The summed E-state index contributed by atoms with van der Waals surface area (Å²) in [7, 11) is 0. The Morgan fingerprint density at radius 1 is 1.73 bits per heavy atom. The summed E-state index contributed by atoms with van der Waals surface area (Å²) in [5.41, 5.74) is 0. The number of carboxylic acids is 1. The van der Waals surface area contributed by atoms with Crippen LogP contribution in [0, 0.1) is 23.3 Å². The van der Waals surface area contributed by atoms with Gasteiger partial charge in [-0.05, 0) is 5.92 Å². The summed E-state index contributed by atoms with van der Waals surface area (Å²) in [5.74, 6) is -1.07. The summed E-state index contributed by atoms with van der Waals surface area (Å²) in [6.45, 7) is 2.80. The lowest BCUT2D eigenvalue weighted by atomic mass is 9.99. The standard InChI is InChI=1S/C7H10N2O2/c1-5-2-9(4-8)3-6(5)7(10)11/h5-6H,2-3H2,1H3,(H,10,11). The van der Waals surface area contributed by atoms with E-state index < -0.39 is 5.97 Å². The molecule has 1 N–H and O–H groups in total. The second-order valence-corrected chi connectivity index (χ2v) is 2.93. The number of likely N-dealkylation sites (tertiary alicyclic amines) is 1. The van der Waals surface area contributed by atoms with E-state index in [2.05, 4.69) is 0 Å². The van der Waals surface area contributed by atoms with Gasteiger partial charge in [0.2, 0.25) is 0 Å². The first-order chi connectivity index (χ1) is 5.15. The van der Waals surface area contributed by atoms with Gasteiger partial charge in [-0.2, -0.15) is 5.26 Å². The minimum absolute atomic E-state index is 0.0900. The maximum atomic E-state index is 10.5. The van der Waals surface area contributed by atoms with Crippen LogP contribution in [0.3, 0.4) is 0 Å². The second kappa shape index (κ2) is 2.79. The van der Waals surface area contributed by atoms with Crippen molar-refractivity contribution < 1.29 is 9.90 Å². The molecule has 1 aliphatic rings. The van der Waals surface area contributed by atoms with E-state index in [4.69, 9.17) is 10.4 Å². The molecule has 0 aromatic heterocycles. The number of hydrogen-bond donors (Lipinski definition) is 1. The van der Waals surface area contributed by atoms with Crippen LogP contribution in [0.1, 0.15) is 6.92 Å². The topological polar surface area (TPSA) is 64.3 Å². The molecule has 0 spiro atoms. The molecule has 1 fully saturated rings. The van der Waals surface area contributed by atoms with Gasteiger partial charge in [0.05, 0.1) is 5.92 Å². The van der Waals surface area contributed by atoms with Crippen LogP contribution in [0.15, 0.2) is 0 Å². The minimum Gasteiger partial charge on any atom is -0.481 e. The largest absolute Gasteiger partial charge is 0.481 e. The molecule has 1 aliphatic heterocycles. The van der Waals surface area contributed by atoms with Crippen molar-refractivity contribution in [2.24, 2.45) is 11.8 Å². The Kier molecular flexibility index (Phi) is 1.99. The molecule has 2 atom stereocenters. The van der Waals surface area contributed by atoms with Crippen molar-refractivity contribution in [1.82, 2.24) is 4.90 Å². The number of rotatable bonds is 1. The highest BCUT2D eigenvalue weighted by Crippen LogP contribution is 2.21. The van der Waals surface area contributed by atoms with E-state index in [1.54, 1.807) is 0 Å². The number of nitriles is 1. The molecule has 0 radical (unpaired) electrons. The highest BCUT2D eigenvalue weighted by Gasteiger charge is 2.34. The molecule has 2 unspecified atom stereocenters. The van der Waals surface area contributed by atoms with Crippen molar-refractivity contribution in [2.45, 2.75) is 6.92 Å². The summed E-state index contributed by atoms with van der Waals surface area (Å²) in [6, 6.07) is 0. The third-order valence-electron chi connectivity index (χ3n) is 2.07. The summed E-state index contributed by atoms with van der Waals surface area (Å²) >= 11 is 0. The summed E-state index contributed by atoms with van der Waals surface area (Å²) in [4.78, 5) is 12.0.